The van der Waals surface area contributed by atoms with Gasteiger partial charge in [-0.3, -0.25) is 37.3 Å². The van der Waals surface area contributed by atoms with Crippen LogP contribution in [0.4, 0.5) is 0 Å². The van der Waals surface area contributed by atoms with E-state index in [0.717, 1.165) is 108 Å². The first-order valence-electron chi connectivity index (χ1n) is 47.9. The van der Waals surface area contributed by atoms with Gasteiger partial charge in [0.25, 0.3) is 0 Å². The molecule has 0 saturated heterocycles. The lowest BCUT2D eigenvalue weighted by Gasteiger charge is -2.21. The summed E-state index contributed by atoms with van der Waals surface area (Å²) in [7, 11) is -9.94. The number of hydrogen-bond donors (Lipinski definition) is 3. The molecule has 0 aliphatic heterocycles. The summed E-state index contributed by atoms with van der Waals surface area (Å²) in [5, 5.41) is 10.7. The topological polar surface area (TPSA) is 237 Å². The molecule has 0 aliphatic rings. The molecule has 0 amide bonds. The van der Waals surface area contributed by atoms with Gasteiger partial charge in [-0.1, -0.05) is 447 Å². The summed E-state index contributed by atoms with van der Waals surface area (Å²) in [5.74, 6) is 0.294. The lowest BCUT2D eigenvalue weighted by molar-refractivity contribution is -0.161. The number of aliphatic hydroxyl groups is 1. The maximum atomic E-state index is 13.2. The second-order valence-electron chi connectivity index (χ2n) is 34.6. The molecule has 666 valence electrons. The zero-order chi connectivity index (χ0) is 82.2. The number of rotatable bonds is 91. The Morgan fingerprint density at radius 3 is 0.679 bits per heavy atom. The normalized spacial score (nSPS) is 14.0. The Labute approximate surface area is 689 Å². The predicted molar refractivity (Wildman–Crippen MR) is 465 cm³/mol. The molecule has 19 heteroatoms. The predicted octanol–water partition coefficient (Wildman–Crippen LogP) is 28.8. The highest BCUT2D eigenvalue weighted by Crippen LogP contribution is 2.45. The molecule has 0 aromatic heterocycles. The number of phosphoric ester groups is 2. The molecular formula is C93H182O17P2. The highest BCUT2D eigenvalue weighted by atomic mass is 31.2. The van der Waals surface area contributed by atoms with E-state index in [9.17, 15) is 43.2 Å². The fourth-order valence-corrected chi connectivity index (χ4v) is 16.2. The molecule has 0 rings (SSSR count). The van der Waals surface area contributed by atoms with Crippen LogP contribution in [0.1, 0.15) is 498 Å². The number of hydrogen-bond acceptors (Lipinski definition) is 15. The molecule has 3 N–H and O–H groups in total. The van der Waals surface area contributed by atoms with Gasteiger partial charge in [0, 0.05) is 25.7 Å². The maximum Gasteiger partial charge on any atom is 0.472 e. The first kappa shape index (κ1) is 110. The van der Waals surface area contributed by atoms with Gasteiger partial charge in [-0.15, -0.1) is 0 Å². The van der Waals surface area contributed by atoms with E-state index in [1.807, 2.05) is 0 Å². The van der Waals surface area contributed by atoms with Crippen molar-refractivity contribution in [3.8, 4) is 0 Å². The smallest absolute Gasteiger partial charge is 0.462 e. The van der Waals surface area contributed by atoms with Crippen LogP contribution < -0.4 is 0 Å². The Bertz CT molecular complexity index is 2150. The van der Waals surface area contributed by atoms with Gasteiger partial charge in [0.2, 0.25) is 0 Å². The second-order valence-corrected chi connectivity index (χ2v) is 37.5. The van der Waals surface area contributed by atoms with Gasteiger partial charge in [0.15, 0.2) is 12.2 Å². The highest BCUT2D eigenvalue weighted by molar-refractivity contribution is 7.47. The van der Waals surface area contributed by atoms with Crippen molar-refractivity contribution in [3.05, 3.63) is 0 Å². The molecule has 0 aromatic carbocycles. The van der Waals surface area contributed by atoms with Crippen LogP contribution in [0.2, 0.25) is 0 Å². The van der Waals surface area contributed by atoms with Crippen molar-refractivity contribution in [2.75, 3.05) is 39.6 Å². The van der Waals surface area contributed by atoms with E-state index in [2.05, 4.69) is 48.5 Å². The van der Waals surface area contributed by atoms with Crippen molar-refractivity contribution in [1.82, 2.24) is 0 Å². The SMILES string of the molecule is CCCCCCCCCCCCCCCCCCCCCCCCC(=O)OC[C@H](COP(=O)(O)OC[C@@H](O)COP(=O)(O)OC[C@@H](COC(=O)CCCCCCCCCCC(C)C)OC(=O)CCCCCCCCCCCCCCCCC(C)C)OC(=O)CCCCCCCCCCCCCCCCCCCCC(C)CC. The van der Waals surface area contributed by atoms with Crippen molar-refractivity contribution in [3.63, 3.8) is 0 Å². The van der Waals surface area contributed by atoms with Gasteiger partial charge >= 0.3 is 39.5 Å². The standard InChI is InChI=1S/C93H182O17P2/c1-8-10-11-12-13-14-15-16-17-18-19-20-21-22-26-29-35-40-45-53-60-67-74-90(95)103-80-88(109-92(97)76-69-62-55-46-41-36-30-27-24-23-25-28-34-39-44-52-59-66-73-86(7)9-2)82-107-111(99,100)105-78-87(94)79-106-112(101,102)108-83-89(81-104-91(96)75-68-61-54-49-48-51-58-65-72-85(5)6)110-93(98)77-70-63-56-47-42-37-32-31-33-38-43-50-57-64-71-84(3)4/h84-89,94H,8-83H2,1-7H3,(H,99,100)(H,101,102)/t86?,87-,88-,89-/m1/s1. The Morgan fingerprint density at radius 1 is 0.259 bits per heavy atom. The Kier molecular flexibility index (Phi) is 81.3. The monoisotopic (exact) mass is 1630 g/mol. The van der Waals surface area contributed by atoms with Gasteiger partial charge in [0.1, 0.15) is 19.3 Å². The molecule has 0 fully saturated rings. The Balaban J connectivity index is 5.23. The maximum absolute atomic E-state index is 13.2. The average Bonchev–Trinajstić information content (AvgIpc) is 0.895. The fraction of sp³-hybridized carbons (Fsp3) is 0.957. The van der Waals surface area contributed by atoms with E-state index in [4.69, 9.17) is 37.0 Å². The number of esters is 4. The number of aliphatic hydroxyl groups excluding tert-OH is 1. The van der Waals surface area contributed by atoms with E-state index in [1.165, 1.54) is 308 Å². The lowest BCUT2D eigenvalue weighted by Crippen LogP contribution is -2.30. The highest BCUT2D eigenvalue weighted by Gasteiger charge is 2.31. The third kappa shape index (κ3) is 84.5. The number of carbonyl (C=O) groups is 4. The summed E-state index contributed by atoms with van der Waals surface area (Å²) in [6, 6.07) is 0. The first-order valence-corrected chi connectivity index (χ1v) is 50.9. The second kappa shape index (κ2) is 82.7. The van der Waals surface area contributed by atoms with Crippen LogP contribution in [0.3, 0.4) is 0 Å². The number of carbonyl (C=O) groups excluding carboxylic acids is 4. The molecule has 0 spiro atoms. The molecule has 17 nitrogen and oxygen atoms in total. The van der Waals surface area contributed by atoms with Crippen LogP contribution in [0, 0.1) is 17.8 Å². The van der Waals surface area contributed by atoms with Gasteiger partial charge in [-0.05, 0) is 43.4 Å². The summed E-state index contributed by atoms with van der Waals surface area (Å²) >= 11 is 0. The van der Waals surface area contributed by atoms with Crippen LogP contribution in [-0.2, 0) is 65.4 Å². The Hall–Kier alpha value is -1.94. The molecule has 3 unspecified atom stereocenters. The van der Waals surface area contributed by atoms with Crippen molar-refractivity contribution in [2.24, 2.45) is 17.8 Å². The largest absolute Gasteiger partial charge is 0.472 e. The van der Waals surface area contributed by atoms with Crippen molar-refractivity contribution < 1.29 is 80.2 Å². The third-order valence-corrected chi connectivity index (χ3v) is 24.1. The minimum absolute atomic E-state index is 0.107. The zero-order valence-electron chi connectivity index (χ0n) is 74.2. The first-order chi connectivity index (χ1) is 54.3. The number of unbranched alkanes of at least 4 members (excludes halogenated alkanes) is 58. The summed E-state index contributed by atoms with van der Waals surface area (Å²) in [4.78, 5) is 73.5. The number of phosphoric acid groups is 2. The quantitative estimate of drug-likeness (QED) is 0.0222. The van der Waals surface area contributed by atoms with E-state index >= 15 is 0 Å². The van der Waals surface area contributed by atoms with E-state index in [0.29, 0.717) is 25.7 Å². The molecule has 0 bridgehead atoms. The Morgan fingerprint density at radius 2 is 0.455 bits per heavy atom. The average molecular weight is 1630 g/mol. The zero-order valence-corrected chi connectivity index (χ0v) is 75.9. The molecular weight excluding hydrogens is 1450 g/mol. The summed E-state index contributed by atoms with van der Waals surface area (Å²) < 4.78 is 69.1. The molecule has 0 saturated carbocycles. The molecule has 0 aliphatic carbocycles. The molecule has 0 aromatic rings. The fourth-order valence-electron chi connectivity index (χ4n) is 14.6. The summed E-state index contributed by atoms with van der Waals surface area (Å²) in [5.41, 5.74) is 0. The van der Waals surface area contributed by atoms with E-state index in [-0.39, 0.29) is 25.7 Å². The van der Waals surface area contributed by atoms with Crippen molar-refractivity contribution in [1.29, 1.82) is 0 Å². The van der Waals surface area contributed by atoms with E-state index in [1.54, 1.807) is 0 Å². The molecule has 0 heterocycles. The van der Waals surface area contributed by atoms with Gasteiger partial charge < -0.3 is 33.8 Å². The van der Waals surface area contributed by atoms with Crippen LogP contribution in [-0.4, -0.2) is 96.7 Å². The van der Waals surface area contributed by atoms with Crippen LogP contribution in [0.5, 0.6) is 0 Å². The minimum Gasteiger partial charge on any atom is -0.462 e. The van der Waals surface area contributed by atoms with Gasteiger partial charge in [-0.2, -0.15) is 0 Å². The molecule has 112 heavy (non-hydrogen) atoms. The van der Waals surface area contributed by atoms with Crippen LogP contribution in [0.25, 0.3) is 0 Å². The van der Waals surface area contributed by atoms with Gasteiger partial charge in [0.05, 0.1) is 26.4 Å². The minimum atomic E-state index is -4.97. The number of ether oxygens (including phenoxy) is 4. The van der Waals surface area contributed by atoms with Crippen molar-refractivity contribution >= 4 is 39.5 Å². The lowest BCUT2D eigenvalue weighted by atomic mass is 9.99. The molecule has 6 atom stereocenters. The summed E-state index contributed by atoms with van der Waals surface area (Å²) in [6.07, 6.45) is 76.6. The molecule has 0 radical (unpaired) electrons. The van der Waals surface area contributed by atoms with Crippen LogP contribution >= 0.6 is 15.6 Å². The summed E-state index contributed by atoms with van der Waals surface area (Å²) in [6.45, 7) is 12.1. The van der Waals surface area contributed by atoms with E-state index < -0.39 is 97.5 Å². The van der Waals surface area contributed by atoms with Crippen LogP contribution in [0.15, 0.2) is 0 Å². The van der Waals surface area contributed by atoms with Gasteiger partial charge in [-0.25, -0.2) is 9.13 Å². The third-order valence-electron chi connectivity index (χ3n) is 22.2. The van der Waals surface area contributed by atoms with Crippen molar-refractivity contribution in [2.45, 2.75) is 516 Å².